The number of nitrogens with zero attached hydrogens (tertiary/aromatic N) is 1. The monoisotopic (exact) mass is 274 g/mol. The fourth-order valence-corrected chi connectivity index (χ4v) is 4.90. The van der Waals surface area contributed by atoms with Crippen LogP contribution in [0.2, 0.25) is 0 Å². The van der Waals surface area contributed by atoms with Crippen LogP contribution in [-0.2, 0) is 9.84 Å². The molecule has 0 spiro atoms. The van der Waals surface area contributed by atoms with E-state index < -0.39 is 9.84 Å². The van der Waals surface area contributed by atoms with Gasteiger partial charge in [0.1, 0.15) is 0 Å². The number of rotatable bonds is 4. The standard InChI is InChI=1S/C13H26N2O2S/c1-2-15-7-3-4-13(5-8-15)14-10-12-6-9-18(16,17)11-12/h12-14H,2-11H2,1H3. The second-order valence-corrected chi connectivity index (χ2v) is 7.97. The van der Waals surface area contributed by atoms with E-state index in [1.54, 1.807) is 0 Å². The second-order valence-electron chi connectivity index (χ2n) is 5.74. The van der Waals surface area contributed by atoms with Crippen LogP contribution in [0.15, 0.2) is 0 Å². The molecule has 4 nitrogen and oxygen atoms in total. The minimum Gasteiger partial charge on any atom is -0.314 e. The van der Waals surface area contributed by atoms with Crippen LogP contribution in [0.25, 0.3) is 0 Å². The summed E-state index contributed by atoms with van der Waals surface area (Å²) in [5.74, 6) is 1.14. The van der Waals surface area contributed by atoms with Crippen LogP contribution in [0.4, 0.5) is 0 Å². The van der Waals surface area contributed by atoms with Gasteiger partial charge in [0, 0.05) is 6.04 Å². The Kier molecular flexibility index (Phi) is 5.04. The van der Waals surface area contributed by atoms with Gasteiger partial charge in [-0.1, -0.05) is 6.92 Å². The van der Waals surface area contributed by atoms with Crippen molar-refractivity contribution in [2.24, 2.45) is 5.92 Å². The van der Waals surface area contributed by atoms with Gasteiger partial charge in [0.2, 0.25) is 0 Å². The Hall–Kier alpha value is -0.130. The van der Waals surface area contributed by atoms with Gasteiger partial charge >= 0.3 is 0 Å². The number of nitrogens with one attached hydrogen (secondary N) is 1. The lowest BCUT2D eigenvalue weighted by molar-refractivity contribution is 0.296. The maximum absolute atomic E-state index is 11.4. The van der Waals surface area contributed by atoms with Crippen molar-refractivity contribution in [3.63, 3.8) is 0 Å². The summed E-state index contributed by atoms with van der Waals surface area (Å²) in [5, 5.41) is 3.59. The van der Waals surface area contributed by atoms with E-state index in [4.69, 9.17) is 0 Å². The molecule has 2 heterocycles. The third-order valence-electron chi connectivity index (χ3n) is 4.29. The number of likely N-dealkylation sites (tertiary alicyclic amines) is 1. The van der Waals surface area contributed by atoms with Crippen molar-refractivity contribution in [2.75, 3.05) is 37.7 Å². The van der Waals surface area contributed by atoms with Crippen LogP contribution in [0.3, 0.4) is 0 Å². The molecule has 0 aromatic heterocycles. The van der Waals surface area contributed by atoms with Crippen molar-refractivity contribution in [1.82, 2.24) is 10.2 Å². The van der Waals surface area contributed by atoms with Crippen molar-refractivity contribution in [3.8, 4) is 0 Å². The summed E-state index contributed by atoms with van der Waals surface area (Å²) in [6.45, 7) is 6.64. The van der Waals surface area contributed by atoms with E-state index in [-0.39, 0.29) is 0 Å². The van der Waals surface area contributed by atoms with Gasteiger partial charge in [-0.15, -0.1) is 0 Å². The van der Waals surface area contributed by atoms with Crippen LogP contribution >= 0.6 is 0 Å². The molecule has 2 unspecified atom stereocenters. The highest BCUT2D eigenvalue weighted by Crippen LogP contribution is 2.18. The smallest absolute Gasteiger partial charge is 0.150 e. The average molecular weight is 274 g/mol. The van der Waals surface area contributed by atoms with E-state index in [1.165, 1.54) is 32.4 Å². The minimum atomic E-state index is -2.72. The molecule has 0 aromatic carbocycles. The van der Waals surface area contributed by atoms with Crippen molar-refractivity contribution < 1.29 is 8.42 Å². The molecule has 2 saturated heterocycles. The lowest BCUT2D eigenvalue weighted by Crippen LogP contribution is -2.34. The van der Waals surface area contributed by atoms with E-state index >= 15 is 0 Å². The first kappa shape index (κ1) is 14.3. The topological polar surface area (TPSA) is 49.4 Å². The molecule has 0 aromatic rings. The molecule has 2 rings (SSSR count). The molecule has 5 heteroatoms. The van der Waals surface area contributed by atoms with Gasteiger partial charge < -0.3 is 10.2 Å². The molecule has 0 amide bonds. The molecule has 0 aliphatic carbocycles. The summed E-state index contributed by atoms with van der Waals surface area (Å²) in [6.07, 6.45) is 4.54. The average Bonchev–Trinajstić information content (AvgIpc) is 2.56. The van der Waals surface area contributed by atoms with E-state index in [1.807, 2.05) is 0 Å². The zero-order valence-electron chi connectivity index (χ0n) is 11.4. The molecule has 2 fully saturated rings. The zero-order chi connectivity index (χ0) is 13.0. The van der Waals surface area contributed by atoms with E-state index in [0.717, 1.165) is 19.5 Å². The molecular formula is C13H26N2O2S. The first-order valence-electron chi connectivity index (χ1n) is 7.25. The predicted molar refractivity (Wildman–Crippen MR) is 74.5 cm³/mol. The van der Waals surface area contributed by atoms with E-state index in [2.05, 4.69) is 17.1 Å². The third kappa shape index (κ3) is 4.21. The summed E-state index contributed by atoms with van der Waals surface area (Å²) in [7, 11) is -2.72. The Morgan fingerprint density at radius 3 is 2.72 bits per heavy atom. The van der Waals surface area contributed by atoms with Crippen molar-refractivity contribution in [2.45, 2.75) is 38.6 Å². The van der Waals surface area contributed by atoms with Gasteiger partial charge in [0.15, 0.2) is 9.84 Å². The Bertz CT molecular complexity index is 356. The molecule has 1 N–H and O–H groups in total. The van der Waals surface area contributed by atoms with Crippen LogP contribution in [-0.4, -0.2) is 57.0 Å². The quantitative estimate of drug-likeness (QED) is 0.827. The Morgan fingerprint density at radius 2 is 2.06 bits per heavy atom. The highest BCUT2D eigenvalue weighted by molar-refractivity contribution is 7.91. The summed E-state index contributed by atoms with van der Waals surface area (Å²) in [4.78, 5) is 2.50. The molecule has 0 radical (unpaired) electrons. The van der Waals surface area contributed by atoms with Gasteiger partial charge in [0.05, 0.1) is 11.5 Å². The lowest BCUT2D eigenvalue weighted by Gasteiger charge is -2.19. The summed E-state index contributed by atoms with van der Waals surface area (Å²) >= 11 is 0. The molecule has 2 aliphatic heterocycles. The maximum atomic E-state index is 11.4. The summed E-state index contributed by atoms with van der Waals surface area (Å²) in [5.41, 5.74) is 0. The highest BCUT2D eigenvalue weighted by Gasteiger charge is 2.28. The lowest BCUT2D eigenvalue weighted by atomic mass is 10.1. The first-order valence-corrected chi connectivity index (χ1v) is 9.07. The number of hydrogen-bond acceptors (Lipinski definition) is 4. The van der Waals surface area contributed by atoms with E-state index in [0.29, 0.717) is 23.5 Å². The summed E-state index contributed by atoms with van der Waals surface area (Å²) in [6, 6.07) is 0.588. The van der Waals surface area contributed by atoms with Crippen molar-refractivity contribution in [3.05, 3.63) is 0 Å². The van der Waals surface area contributed by atoms with Crippen LogP contribution < -0.4 is 5.32 Å². The third-order valence-corrected chi connectivity index (χ3v) is 6.13. The fraction of sp³-hybridized carbons (Fsp3) is 1.00. The molecular weight excluding hydrogens is 248 g/mol. The van der Waals surface area contributed by atoms with Crippen LogP contribution in [0.5, 0.6) is 0 Å². The highest BCUT2D eigenvalue weighted by atomic mass is 32.2. The van der Waals surface area contributed by atoms with Gasteiger partial charge in [-0.3, -0.25) is 0 Å². The van der Waals surface area contributed by atoms with E-state index in [9.17, 15) is 8.42 Å². The van der Waals surface area contributed by atoms with Crippen molar-refractivity contribution >= 4 is 9.84 Å². The van der Waals surface area contributed by atoms with Crippen molar-refractivity contribution in [1.29, 1.82) is 0 Å². The number of hydrogen-bond donors (Lipinski definition) is 1. The molecule has 2 aliphatic rings. The largest absolute Gasteiger partial charge is 0.314 e. The minimum absolute atomic E-state index is 0.348. The Labute approximate surface area is 111 Å². The second kappa shape index (κ2) is 6.35. The molecule has 2 atom stereocenters. The SMILES string of the molecule is CCN1CCCC(NCC2CCS(=O)(=O)C2)CC1. The summed E-state index contributed by atoms with van der Waals surface area (Å²) < 4.78 is 22.8. The van der Waals surface area contributed by atoms with Gasteiger partial charge in [-0.25, -0.2) is 8.42 Å². The Balaban J connectivity index is 1.71. The predicted octanol–water partition coefficient (Wildman–Crippen LogP) is 0.885. The first-order chi connectivity index (χ1) is 8.59. The fourth-order valence-electron chi connectivity index (χ4n) is 3.04. The van der Waals surface area contributed by atoms with Crippen LogP contribution in [0, 0.1) is 5.92 Å². The zero-order valence-corrected chi connectivity index (χ0v) is 12.2. The molecule has 0 bridgehead atoms. The van der Waals surface area contributed by atoms with Crippen LogP contribution in [0.1, 0.15) is 32.6 Å². The maximum Gasteiger partial charge on any atom is 0.150 e. The van der Waals surface area contributed by atoms with Gasteiger partial charge in [-0.2, -0.15) is 0 Å². The molecule has 0 saturated carbocycles. The number of sulfone groups is 1. The normalized spacial score (nSPS) is 33.4. The van der Waals surface area contributed by atoms with Gasteiger partial charge in [0.25, 0.3) is 0 Å². The molecule has 18 heavy (non-hydrogen) atoms. The van der Waals surface area contributed by atoms with Gasteiger partial charge in [-0.05, 0) is 57.8 Å². The molecule has 106 valence electrons. The Morgan fingerprint density at radius 1 is 1.22 bits per heavy atom.